The number of anilines is 1. The van der Waals surface area contributed by atoms with Gasteiger partial charge in [0.25, 0.3) is 0 Å². The van der Waals surface area contributed by atoms with Gasteiger partial charge in [-0.2, -0.15) is 0 Å². The molecule has 3 unspecified atom stereocenters. The van der Waals surface area contributed by atoms with E-state index in [1.54, 1.807) is 0 Å². The van der Waals surface area contributed by atoms with Crippen LogP contribution < -0.4 is 14.8 Å². The predicted molar refractivity (Wildman–Crippen MR) is 112 cm³/mol. The Morgan fingerprint density at radius 2 is 1.72 bits per heavy atom. The van der Waals surface area contributed by atoms with Crippen LogP contribution in [0.15, 0.2) is 48.5 Å². The van der Waals surface area contributed by atoms with Crippen LogP contribution >= 0.6 is 0 Å². The fourth-order valence-electron chi connectivity index (χ4n) is 4.47. The molecular weight excluding hydrogens is 368 g/mol. The molecule has 154 valence electrons. The Morgan fingerprint density at radius 1 is 1.07 bits per heavy atom. The quantitative estimate of drug-likeness (QED) is 0.754. The van der Waals surface area contributed by atoms with Crippen LogP contribution in [0.5, 0.6) is 17.2 Å². The van der Waals surface area contributed by atoms with Crippen molar-refractivity contribution in [1.29, 1.82) is 0 Å². The highest BCUT2D eigenvalue weighted by Gasteiger charge is 2.42. The minimum absolute atomic E-state index is 0.0852. The molecule has 2 aromatic carbocycles. The second kappa shape index (κ2) is 8.74. The maximum absolute atomic E-state index is 12.8. The van der Waals surface area contributed by atoms with Gasteiger partial charge >= 0.3 is 6.03 Å². The molecule has 5 rings (SSSR count). The van der Waals surface area contributed by atoms with Crippen molar-refractivity contribution < 1.29 is 19.4 Å². The lowest BCUT2D eigenvalue weighted by Gasteiger charge is -2.49. The minimum Gasteiger partial charge on any atom is -0.494 e. The van der Waals surface area contributed by atoms with Crippen molar-refractivity contribution in [2.24, 2.45) is 11.8 Å². The van der Waals surface area contributed by atoms with Crippen molar-refractivity contribution in [2.45, 2.75) is 32.2 Å². The molecule has 3 aliphatic rings. The summed E-state index contributed by atoms with van der Waals surface area (Å²) in [4.78, 5) is 14.7. The van der Waals surface area contributed by atoms with E-state index < -0.39 is 0 Å². The first-order valence-electron chi connectivity index (χ1n) is 10.4. The molecule has 0 spiro atoms. The standard InChI is InChI=1S/C23H28N2O4/c1-2-28-19-8-10-21(11-9-19)29-20-6-4-18(5-7-20)24-23(27)25-14-16-3-12-22(25)17(13-16)15-26/h4-11,16-17,22,26H,2-3,12-15H2,1H3,(H,24,27). The third-order valence-corrected chi connectivity index (χ3v) is 5.88. The number of nitrogens with one attached hydrogen (secondary N) is 1. The number of fused-ring (bicyclic) bond motifs is 3. The number of hydrogen-bond acceptors (Lipinski definition) is 4. The van der Waals surface area contributed by atoms with Crippen molar-refractivity contribution in [2.75, 3.05) is 25.1 Å². The molecule has 0 radical (unpaired) electrons. The first-order chi connectivity index (χ1) is 14.2. The van der Waals surface area contributed by atoms with Gasteiger partial charge in [-0.3, -0.25) is 0 Å². The molecule has 1 aliphatic carbocycles. The van der Waals surface area contributed by atoms with E-state index in [0.717, 1.165) is 43.0 Å². The van der Waals surface area contributed by atoms with E-state index in [1.165, 1.54) is 0 Å². The highest BCUT2D eigenvalue weighted by Crippen LogP contribution is 2.39. The molecule has 2 N–H and O–H groups in total. The molecule has 1 saturated carbocycles. The molecular formula is C23H28N2O4. The smallest absolute Gasteiger partial charge is 0.322 e. The van der Waals surface area contributed by atoms with Gasteiger partial charge in [0.05, 0.1) is 6.61 Å². The predicted octanol–water partition coefficient (Wildman–Crippen LogP) is 4.50. The summed E-state index contributed by atoms with van der Waals surface area (Å²) in [5.74, 6) is 2.95. The van der Waals surface area contributed by atoms with Crippen LogP contribution in [0.1, 0.15) is 26.2 Å². The van der Waals surface area contributed by atoms with E-state index in [0.29, 0.717) is 18.3 Å². The number of nitrogens with zero attached hydrogens (tertiary/aromatic N) is 1. The summed E-state index contributed by atoms with van der Waals surface area (Å²) in [6.45, 7) is 3.52. The SMILES string of the molecule is CCOc1ccc(Oc2ccc(NC(=O)N3CC4CCC3C(CO)C4)cc2)cc1. The molecule has 2 saturated heterocycles. The lowest BCUT2D eigenvalue weighted by Crippen LogP contribution is -2.57. The lowest BCUT2D eigenvalue weighted by atomic mass is 9.73. The van der Waals surface area contributed by atoms with Gasteiger partial charge in [-0.05, 0) is 80.6 Å². The van der Waals surface area contributed by atoms with E-state index >= 15 is 0 Å². The normalized spacial score (nSPS) is 23.0. The number of piperidine rings is 2. The zero-order valence-corrected chi connectivity index (χ0v) is 16.7. The Balaban J connectivity index is 1.35. The highest BCUT2D eigenvalue weighted by molar-refractivity contribution is 5.89. The number of aliphatic hydroxyl groups excluding tert-OH is 1. The van der Waals surface area contributed by atoms with Gasteiger partial charge in [-0.1, -0.05) is 0 Å². The molecule has 2 heterocycles. The molecule has 29 heavy (non-hydrogen) atoms. The molecule has 3 atom stereocenters. The summed E-state index contributed by atoms with van der Waals surface area (Å²) in [5, 5.41) is 12.6. The maximum atomic E-state index is 12.8. The number of urea groups is 1. The van der Waals surface area contributed by atoms with Gasteiger partial charge in [0.2, 0.25) is 0 Å². The van der Waals surface area contributed by atoms with Gasteiger partial charge < -0.3 is 24.8 Å². The molecule has 0 aromatic heterocycles. The number of carbonyl (C=O) groups is 1. The van der Waals surface area contributed by atoms with Gasteiger partial charge in [0.1, 0.15) is 17.2 Å². The summed E-state index contributed by atoms with van der Waals surface area (Å²) in [6, 6.07) is 14.9. The number of ether oxygens (including phenoxy) is 2. The number of benzene rings is 2. The van der Waals surface area contributed by atoms with Crippen molar-refractivity contribution in [3.8, 4) is 17.2 Å². The Morgan fingerprint density at radius 3 is 2.34 bits per heavy atom. The third kappa shape index (κ3) is 4.48. The summed E-state index contributed by atoms with van der Waals surface area (Å²) in [6.07, 6.45) is 3.17. The fraction of sp³-hybridized carbons (Fsp3) is 0.435. The molecule has 2 bridgehead atoms. The van der Waals surface area contributed by atoms with E-state index in [1.807, 2.05) is 60.4 Å². The van der Waals surface area contributed by atoms with Gasteiger partial charge in [-0.25, -0.2) is 4.79 Å². The van der Waals surface area contributed by atoms with Crippen LogP contribution in [0, 0.1) is 11.8 Å². The van der Waals surface area contributed by atoms with E-state index in [-0.39, 0.29) is 24.6 Å². The monoisotopic (exact) mass is 396 g/mol. The van der Waals surface area contributed by atoms with Crippen LogP contribution in [-0.2, 0) is 0 Å². The van der Waals surface area contributed by atoms with Crippen LogP contribution in [0.3, 0.4) is 0 Å². The van der Waals surface area contributed by atoms with Crippen LogP contribution in [0.4, 0.5) is 10.5 Å². The summed E-state index contributed by atoms with van der Waals surface area (Å²) in [5.41, 5.74) is 0.732. The van der Waals surface area contributed by atoms with Crippen molar-refractivity contribution >= 4 is 11.7 Å². The first-order valence-corrected chi connectivity index (χ1v) is 10.4. The number of hydrogen-bond donors (Lipinski definition) is 2. The van der Waals surface area contributed by atoms with Gasteiger partial charge in [-0.15, -0.1) is 0 Å². The summed E-state index contributed by atoms with van der Waals surface area (Å²) in [7, 11) is 0. The third-order valence-electron chi connectivity index (χ3n) is 5.88. The van der Waals surface area contributed by atoms with E-state index in [4.69, 9.17) is 9.47 Å². The first kappa shape index (κ1) is 19.6. The van der Waals surface area contributed by atoms with E-state index in [9.17, 15) is 9.90 Å². The van der Waals surface area contributed by atoms with Crippen LogP contribution in [-0.4, -0.2) is 41.8 Å². The van der Waals surface area contributed by atoms with Crippen molar-refractivity contribution in [3.63, 3.8) is 0 Å². The number of amides is 2. The van der Waals surface area contributed by atoms with E-state index in [2.05, 4.69) is 5.32 Å². The fourth-order valence-corrected chi connectivity index (χ4v) is 4.47. The number of rotatable bonds is 6. The van der Waals surface area contributed by atoms with Gasteiger partial charge in [0, 0.05) is 30.8 Å². The number of carbonyl (C=O) groups excluding carboxylic acids is 1. The molecule has 6 heteroatoms. The number of aliphatic hydroxyl groups is 1. The highest BCUT2D eigenvalue weighted by atomic mass is 16.5. The molecule has 2 aromatic rings. The van der Waals surface area contributed by atoms with Gasteiger partial charge in [0.15, 0.2) is 0 Å². The molecule has 2 aliphatic heterocycles. The lowest BCUT2D eigenvalue weighted by molar-refractivity contribution is 0.00754. The average Bonchev–Trinajstić information content (AvgIpc) is 2.77. The zero-order chi connectivity index (χ0) is 20.2. The molecule has 3 fully saturated rings. The van der Waals surface area contributed by atoms with Crippen molar-refractivity contribution in [3.05, 3.63) is 48.5 Å². The second-order valence-corrected chi connectivity index (χ2v) is 7.80. The van der Waals surface area contributed by atoms with Crippen molar-refractivity contribution in [1.82, 2.24) is 4.90 Å². The van der Waals surface area contributed by atoms with Crippen LogP contribution in [0.25, 0.3) is 0 Å². The van der Waals surface area contributed by atoms with Crippen LogP contribution in [0.2, 0.25) is 0 Å². The topological polar surface area (TPSA) is 71.0 Å². The maximum Gasteiger partial charge on any atom is 0.322 e. The average molecular weight is 396 g/mol. The minimum atomic E-state index is -0.0852. The Labute approximate surface area is 171 Å². The summed E-state index contributed by atoms with van der Waals surface area (Å²) < 4.78 is 11.3. The molecule has 6 nitrogen and oxygen atoms in total. The Bertz CT molecular complexity index is 822. The largest absolute Gasteiger partial charge is 0.494 e. The molecule has 2 amide bonds. The Kier molecular flexibility index (Phi) is 5.90. The zero-order valence-electron chi connectivity index (χ0n) is 16.7. The second-order valence-electron chi connectivity index (χ2n) is 7.80. The summed E-state index contributed by atoms with van der Waals surface area (Å²) >= 11 is 0. The Hall–Kier alpha value is -2.73.